The van der Waals surface area contributed by atoms with Crippen molar-refractivity contribution in [1.82, 2.24) is 5.32 Å². The second-order valence-corrected chi connectivity index (χ2v) is 7.01. The number of thiophene rings is 1. The number of carbonyl (C=O) groups excluding carboxylic acids is 1. The van der Waals surface area contributed by atoms with Crippen LogP contribution >= 0.6 is 27.3 Å². The van der Waals surface area contributed by atoms with Crippen LogP contribution in [0.15, 0.2) is 40.2 Å². The molecule has 0 fully saturated rings. The molecule has 4 heteroatoms. The Hall–Kier alpha value is -1.13. The molecule has 0 radical (unpaired) electrons. The van der Waals surface area contributed by atoms with Crippen LogP contribution in [-0.2, 0) is 0 Å². The molecule has 106 valence electrons. The summed E-state index contributed by atoms with van der Waals surface area (Å²) in [5.74, 6) is 0.335. The Kier molecular flexibility index (Phi) is 5.00. The molecule has 2 nitrogen and oxygen atoms in total. The summed E-state index contributed by atoms with van der Waals surface area (Å²) in [5.41, 5.74) is 1.77. The monoisotopic (exact) mass is 351 g/mol. The fourth-order valence-corrected chi connectivity index (χ4v) is 3.24. The van der Waals surface area contributed by atoms with Gasteiger partial charge in [-0.3, -0.25) is 4.79 Å². The summed E-state index contributed by atoms with van der Waals surface area (Å²) in [5, 5.41) is 5.18. The van der Waals surface area contributed by atoms with Crippen molar-refractivity contribution in [3.63, 3.8) is 0 Å². The topological polar surface area (TPSA) is 29.1 Å². The Balaban J connectivity index is 2.18. The Morgan fingerprint density at radius 3 is 2.60 bits per heavy atom. The SMILES string of the molecule is Cc1cc(C(=O)NC(c2cccs2)C(C)C)ccc1Br. The minimum absolute atomic E-state index is 0.0206. The molecule has 0 aliphatic rings. The third-order valence-corrected chi connectivity index (χ3v) is 5.07. The molecule has 2 rings (SSSR count). The van der Waals surface area contributed by atoms with E-state index in [0.717, 1.165) is 10.0 Å². The van der Waals surface area contributed by atoms with Crippen LogP contribution in [0.4, 0.5) is 0 Å². The summed E-state index contributed by atoms with van der Waals surface area (Å²) >= 11 is 5.13. The molecule has 0 bridgehead atoms. The predicted molar refractivity (Wildman–Crippen MR) is 88.2 cm³/mol. The van der Waals surface area contributed by atoms with Gasteiger partial charge in [0.25, 0.3) is 5.91 Å². The third-order valence-electron chi connectivity index (χ3n) is 3.22. The van der Waals surface area contributed by atoms with E-state index in [0.29, 0.717) is 11.5 Å². The van der Waals surface area contributed by atoms with Gasteiger partial charge in [-0.25, -0.2) is 0 Å². The first-order valence-corrected chi connectivity index (χ1v) is 8.26. The van der Waals surface area contributed by atoms with Gasteiger partial charge in [-0.15, -0.1) is 11.3 Å². The lowest BCUT2D eigenvalue weighted by Crippen LogP contribution is -2.31. The molecule has 1 amide bonds. The molecule has 0 aliphatic carbocycles. The maximum atomic E-state index is 12.4. The van der Waals surface area contributed by atoms with Gasteiger partial charge in [0.1, 0.15) is 0 Å². The van der Waals surface area contributed by atoms with E-state index < -0.39 is 0 Å². The van der Waals surface area contributed by atoms with Gasteiger partial charge in [0.2, 0.25) is 0 Å². The predicted octanol–water partition coefficient (Wildman–Crippen LogP) is 4.95. The summed E-state index contributed by atoms with van der Waals surface area (Å²) in [6.45, 7) is 6.23. The van der Waals surface area contributed by atoms with Crippen LogP contribution in [0.25, 0.3) is 0 Å². The molecule has 0 spiro atoms. The molecule has 20 heavy (non-hydrogen) atoms. The van der Waals surface area contributed by atoms with Crippen molar-refractivity contribution in [3.8, 4) is 0 Å². The molecular formula is C16H18BrNOS. The lowest BCUT2D eigenvalue weighted by molar-refractivity contribution is 0.0926. The van der Waals surface area contributed by atoms with E-state index in [1.807, 2.05) is 36.6 Å². The summed E-state index contributed by atoms with van der Waals surface area (Å²) in [6.07, 6.45) is 0. The van der Waals surface area contributed by atoms with Gasteiger partial charge in [0.15, 0.2) is 0 Å². The van der Waals surface area contributed by atoms with E-state index in [-0.39, 0.29) is 11.9 Å². The van der Waals surface area contributed by atoms with Crippen LogP contribution in [-0.4, -0.2) is 5.91 Å². The average molecular weight is 352 g/mol. The van der Waals surface area contributed by atoms with E-state index in [1.165, 1.54) is 4.88 Å². The fraction of sp³-hybridized carbons (Fsp3) is 0.312. The Morgan fingerprint density at radius 1 is 1.30 bits per heavy atom. The highest BCUT2D eigenvalue weighted by atomic mass is 79.9. The van der Waals surface area contributed by atoms with Gasteiger partial charge in [0.05, 0.1) is 6.04 Å². The molecular weight excluding hydrogens is 334 g/mol. The quantitative estimate of drug-likeness (QED) is 0.829. The van der Waals surface area contributed by atoms with Gasteiger partial charge in [0, 0.05) is 14.9 Å². The molecule has 1 aromatic carbocycles. The van der Waals surface area contributed by atoms with Crippen LogP contribution in [0.3, 0.4) is 0 Å². The van der Waals surface area contributed by atoms with Crippen molar-refractivity contribution < 1.29 is 4.79 Å². The van der Waals surface area contributed by atoms with Crippen LogP contribution in [0.2, 0.25) is 0 Å². The molecule has 1 unspecified atom stereocenters. The Bertz CT molecular complexity index is 593. The summed E-state index contributed by atoms with van der Waals surface area (Å²) in [4.78, 5) is 13.6. The van der Waals surface area contributed by atoms with Crippen molar-refractivity contribution in [2.24, 2.45) is 5.92 Å². The van der Waals surface area contributed by atoms with Gasteiger partial charge in [-0.2, -0.15) is 0 Å². The third kappa shape index (κ3) is 3.49. The number of aryl methyl sites for hydroxylation is 1. The number of rotatable bonds is 4. The van der Waals surface area contributed by atoms with E-state index in [1.54, 1.807) is 11.3 Å². The fourth-order valence-electron chi connectivity index (χ4n) is 2.05. The van der Waals surface area contributed by atoms with Gasteiger partial charge in [-0.05, 0) is 48.1 Å². The van der Waals surface area contributed by atoms with Crippen molar-refractivity contribution in [2.75, 3.05) is 0 Å². The van der Waals surface area contributed by atoms with Gasteiger partial charge >= 0.3 is 0 Å². The number of hydrogen-bond donors (Lipinski definition) is 1. The number of nitrogens with one attached hydrogen (secondary N) is 1. The number of amides is 1. The van der Waals surface area contributed by atoms with Gasteiger partial charge in [-0.1, -0.05) is 35.8 Å². The van der Waals surface area contributed by atoms with Crippen molar-refractivity contribution in [3.05, 3.63) is 56.2 Å². The highest BCUT2D eigenvalue weighted by Crippen LogP contribution is 2.26. The Morgan fingerprint density at radius 2 is 2.05 bits per heavy atom. The largest absolute Gasteiger partial charge is 0.344 e. The first-order chi connectivity index (χ1) is 9.49. The van der Waals surface area contributed by atoms with Crippen molar-refractivity contribution in [1.29, 1.82) is 0 Å². The highest BCUT2D eigenvalue weighted by Gasteiger charge is 2.20. The zero-order valence-corrected chi connectivity index (χ0v) is 14.2. The van der Waals surface area contributed by atoms with E-state index in [2.05, 4.69) is 41.2 Å². The summed E-state index contributed by atoms with van der Waals surface area (Å²) < 4.78 is 1.02. The lowest BCUT2D eigenvalue weighted by atomic mass is 10.0. The first kappa shape index (κ1) is 15.3. The lowest BCUT2D eigenvalue weighted by Gasteiger charge is -2.21. The number of benzene rings is 1. The molecule has 0 aliphatic heterocycles. The zero-order valence-electron chi connectivity index (χ0n) is 11.8. The number of hydrogen-bond acceptors (Lipinski definition) is 2. The smallest absolute Gasteiger partial charge is 0.251 e. The zero-order chi connectivity index (χ0) is 14.7. The number of carbonyl (C=O) groups is 1. The first-order valence-electron chi connectivity index (χ1n) is 6.59. The highest BCUT2D eigenvalue weighted by molar-refractivity contribution is 9.10. The second kappa shape index (κ2) is 6.55. The second-order valence-electron chi connectivity index (χ2n) is 5.17. The molecule has 1 N–H and O–H groups in total. The van der Waals surface area contributed by atoms with Crippen LogP contribution in [0.5, 0.6) is 0 Å². The molecule has 0 saturated heterocycles. The molecule has 1 atom stereocenters. The maximum absolute atomic E-state index is 12.4. The summed E-state index contributed by atoms with van der Waals surface area (Å²) in [6, 6.07) is 9.82. The van der Waals surface area contributed by atoms with E-state index in [9.17, 15) is 4.79 Å². The number of halogens is 1. The maximum Gasteiger partial charge on any atom is 0.251 e. The molecule has 1 heterocycles. The summed E-state index contributed by atoms with van der Waals surface area (Å²) in [7, 11) is 0. The Labute approximate surface area is 132 Å². The minimum Gasteiger partial charge on any atom is -0.344 e. The molecule has 0 saturated carbocycles. The molecule has 2 aromatic rings. The molecule has 1 aromatic heterocycles. The standard InChI is InChI=1S/C16H18BrNOS/c1-10(2)15(14-5-4-8-20-14)18-16(19)12-6-7-13(17)11(3)9-12/h4-10,15H,1-3H3,(H,18,19). The average Bonchev–Trinajstić information content (AvgIpc) is 2.92. The van der Waals surface area contributed by atoms with Gasteiger partial charge < -0.3 is 5.32 Å². The van der Waals surface area contributed by atoms with Crippen LogP contribution < -0.4 is 5.32 Å². The van der Waals surface area contributed by atoms with E-state index >= 15 is 0 Å². The normalized spacial score (nSPS) is 12.4. The van der Waals surface area contributed by atoms with Crippen LogP contribution in [0, 0.1) is 12.8 Å². The van der Waals surface area contributed by atoms with E-state index in [4.69, 9.17) is 0 Å². The van der Waals surface area contributed by atoms with Crippen LogP contribution in [0.1, 0.15) is 40.7 Å². The van der Waals surface area contributed by atoms with Crippen molar-refractivity contribution >= 4 is 33.2 Å². The van der Waals surface area contributed by atoms with Crippen molar-refractivity contribution in [2.45, 2.75) is 26.8 Å². The minimum atomic E-state index is -0.0206.